The lowest BCUT2D eigenvalue weighted by Gasteiger charge is -2.07. The zero-order chi connectivity index (χ0) is 22.3. The number of unbranched alkanes of at least 4 members (excludes halogenated alkanes) is 13. The topological polar surface area (TPSA) is 80.3 Å². The molecule has 0 fully saturated rings. The summed E-state index contributed by atoms with van der Waals surface area (Å²) in [5.41, 5.74) is 0. The molecule has 0 bridgehead atoms. The largest absolute Gasteiger partial charge is 0.332 e. The predicted molar refractivity (Wildman–Crippen MR) is 120 cm³/mol. The van der Waals surface area contributed by atoms with Gasteiger partial charge in [-0.05, 0) is 30.7 Å². The number of rotatable bonds is 18. The lowest BCUT2D eigenvalue weighted by atomic mass is 10.0. The van der Waals surface area contributed by atoms with Crippen LogP contribution in [0.25, 0.3) is 0 Å². The summed E-state index contributed by atoms with van der Waals surface area (Å²) in [7, 11) is -8.53. The van der Waals surface area contributed by atoms with Crippen LogP contribution in [-0.2, 0) is 20.2 Å². The number of benzene rings is 1. The van der Waals surface area contributed by atoms with Gasteiger partial charge in [0.2, 0.25) is 10.0 Å². The molecule has 0 saturated heterocycles. The van der Waals surface area contributed by atoms with E-state index in [4.69, 9.17) is 0 Å². The maximum atomic E-state index is 12.9. The summed E-state index contributed by atoms with van der Waals surface area (Å²) >= 11 is 0. The molecule has 1 aromatic carbocycles. The molecule has 1 aromatic rings. The highest BCUT2D eigenvalue weighted by molar-refractivity contribution is 7.89. The van der Waals surface area contributed by atoms with Gasteiger partial charge in [0, 0.05) is 6.54 Å². The van der Waals surface area contributed by atoms with Crippen LogP contribution in [0.15, 0.2) is 34.1 Å². The number of nitrogens with one attached hydrogen (secondary N) is 1. The Morgan fingerprint density at radius 3 is 1.40 bits per heavy atom. The molecule has 174 valence electrons. The van der Waals surface area contributed by atoms with Crippen LogP contribution in [0.4, 0.5) is 3.89 Å². The van der Waals surface area contributed by atoms with Gasteiger partial charge in [0.1, 0.15) is 0 Å². The van der Waals surface area contributed by atoms with Crippen LogP contribution in [0.2, 0.25) is 0 Å². The quantitative estimate of drug-likeness (QED) is 0.210. The Kier molecular flexibility index (Phi) is 13.4. The van der Waals surface area contributed by atoms with Gasteiger partial charge in [0.25, 0.3) is 0 Å². The first-order chi connectivity index (χ1) is 14.3. The van der Waals surface area contributed by atoms with E-state index >= 15 is 0 Å². The summed E-state index contributed by atoms with van der Waals surface area (Å²) in [6, 6.07) is 4.10. The van der Waals surface area contributed by atoms with Crippen LogP contribution < -0.4 is 4.72 Å². The van der Waals surface area contributed by atoms with E-state index in [0.717, 1.165) is 43.5 Å². The normalized spacial score (nSPS) is 12.3. The number of hydrogen-bond donors (Lipinski definition) is 1. The molecule has 0 aliphatic heterocycles. The van der Waals surface area contributed by atoms with E-state index in [-0.39, 0.29) is 4.90 Å². The van der Waals surface area contributed by atoms with Crippen LogP contribution in [-0.4, -0.2) is 23.4 Å². The average Bonchev–Trinajstić information content (AvgIpc) is 2.70. The number of hydrogen-bond acceptors (Lipinski definition) is 4. The third kappa shape index (κ3) is 12.0. The molecule has 5 nitrogen and oxygen atoms in total. The Bertz CT molecular complexity index is 778. The molecule has 0 atom stereocenters. The first-order valence-electron chi connectivity index (χ1n) is 11.3. The Balaban J connectivity index is 2.04. The van der Waals surface area contributed by atoms with Crippen molar-refractivity contribution in [3.05, 3.63) is 24.3 Å². The van der Waals surface area contributed by atoms with Gasteiger partial charge in [-0.25, -0.2) is 13.1 Å². The second kappa shape index (κ2) is 14.9. The monoisotopic (exact) mass is 463 g/mol. The molecule has 0 heterocycles. The molecule has 0 radical (unpaired) electrons. The second-order valence-electron chi connectivity index (χ2n) is 7.90. The third-order valence-corrected chi connectivity index (χ3v) is 7.55. The summed E-state index contributed by atoms with van der Waals surface area (Å²) in [6.45, 7) is 2.58. The van der Waals surface area contributed by atoms with Crippen molar-refractivity contribution >= 4 is 20.2 Å². The molecule has 8 heteroatoms. The Morgan fingerprint density at radius 2 is 1.00 bits per heavy atom. The minimum Gasteiger partial charge on any atom is -0.211 e. The fourth-order valence-electron chi connectivity index (χ4n) is 3.39. The SMILES string of the molecule is CCCCCCCCCCCCCCCCNS(=O)(=O)c1ccc(S(=O)(=O)F)cc1. The van der Waals surface area contributed by atoms with Crippen LogP contribution in [0.1, 0.15) is 96.8 Å². The molecule has 0 amide bonds. The van der Waals surface area contributed by atoms with Gasteiger partial charge < -0.3 is 0 Å². The molecule has 0 aliphatic carbocycles. The summed E-state index contributed by atoms with van der Waals surface area (Å²) in [5, 5.41) is 0. The molecule has 0 spiro atoms. The molecule has 0 aliphatic rings. The lowest BCUT2D eigenvalue weighted by Crippen LogP contribution is -2.24. The number of halogens is 1. The van der Waals surface area contributed by atoms with Crippen LogP contribution >= 0.6 is 0 Å². The van der Waals surface area contributed by atoms with Crippen LogP contribution in [0, 0.1) is 0 Å². The lowest BCUT2D eigenvalue weighted by molar-refractivity contribution is 0.533. The number of sulfonamides is 1. The van der Waals surface area contributed by atoms with Gasteiger partial charge >= 0.3 is 10.2 Å². The molecular weight excluding hydrogens is 425 g/mol. The molecule has 0 unspecified atom stereocenters. The molecular formula is C22H38FNO4S2. The maximum absolute atomic E-state index is 12.9. The van der Waals surface area contributed by atoms with E-state index < -0.39 is 25.1 Å². The van der Waals surface area contributed by atoms with Crippen molar-refractivity contribution in [2.24, 2.45) is 0 Å². The summed E-state index contributed by atoms with van der Waals surface area (Å²) in [4.78, 5) is -0.617. The van der Waals surface area contributed by atoms with Gasteiger partial charge in [-0.15, -0.1) is 3.89 Å². The minimum atomic E-state index is -4.82. The first kappa shape index (κ1) is 27.0. The molecule has 1 N–H and O–H groups in total. The van der Waals surface area contributed by atoms with Crippen molar-refractivity contribution in [1.82, 2.24) is 4.72 Å². The fraction of sp³-hybridized carbons (Fsp3) is 0.727. The Morgan fingerprint density at radius 1 is 0.633 bits per heavy atom. The van der Waals surface area contributed by atoms with Crippen LogP contribution in [0.5, 0.6) is 0 Å². The summed E-state index contributed by atoms with van der Waals surface area (Å²) in [6.07, 6.45) is 17.3. The minimum absolute atomic E-state index is 0.0692. The van der Waals surface area contributed by atoms with Gasteiger partial charge in [-0.3, -0.25) is 0 Å². The van der Waals surface area contributed by atoms with Crippen molar-refractivity contribution in [1.29, 1.82) is 0 Å². The average molecular weight is 464 g/mol. The fourth-order valence-corrected chi connectivity index (χ4v) is 4.93. The zero-order valence-corrected chi connectivity index (χ0v) is 19.9. The summed E-state index contributed by atoms with van der Waals surface area (Å²) < 4.78 is 61.3. The van der Waals surface area contributed by atoms with E-state index in [1.807, 2.05) is 0 Å². The van der Waals surface area contributed by atoms with Crippen LogP contribution in [0.3, 0.4) is 0 Å². The van der Waals surface area contributed by atoms with Crippen molar-refractivity contribution in [2.75, 3.05) is 6.54 Å². The van der Waals surface area contributed by atoms with Gasteiger partial charge in [-0.1, -0.05) is 90.4 Å². The van der Waals surface area contributed by atoms with Gasteiger partial charge in [0.05, 0.1) is 9.79 Å². The highest BCUT2D eigenvalue weighted by Gasteiger charge is 2.16. The van der Waals surface area contributed by atoms with Crippen molar-refractivity contribution in [3.63, 3.8) is 0 Å². The molecule has 0 aromatic heterocycles. The Hall–Kier alpha value is -0.990. The van der Waals surface area contributed by atoms with E-state index in [9.17, 15) is 20.7 Å². The maximum Gasteiger partial charge on any atom is 0.332 e. The van der Waals surface area contributed by atoms with Gasteiger partial charge in [0.15, 0.2) is 0 Å². The standard InChI is InChI=1S/C22H38FNO4S2/c1-2-3-4-5-6-7-8-9-10-11-12-13-14-15-20-24-30(27,28)22-18-16-21(17-19-22)29(23,25)26/h16-19,24H,2-15,20H2,1H3. The van der Waals surface area contributed by atoms with Gasteiger partial charge in [-0.2, -0.15) is 8.42 Å². The summed E-state index contributed by atoms with van der Waals surface area (Å²) in [5.74, 6) is 0. The second-order valence-corrected chi connectivity index (χ2v) is 11.0. The van der Waals surface area contributed by atoms with Crippen molar-refractivity contribution in [3.8, 4) is 0 Å². The Labute approximate surface area is 183 Å². The van der Waals surface area contributed by atoms with E-state index in [2.05, 4.69) is 11.6 Å². The molecule has 0 saturated carbocycles. The molecule has 1 rings (SSSR count). The van der Waals surface area contributed by atoms with Crippen molar-refractivity contribution < 1.29 is 20.7 Å². The molecule has 30 heavy (non-hydrogen) atoms. The van der Waals surface area contributed by atoms with E-state index in [1.165, 1.54) is 70.6 Å². The zero-order valence-electron chi connectivity index (χ0n) is 18.2. The third-order valence-electron chi connectivity index (χ3n) is 5.24. The van der Waals surface area contributed by atoms with E-state index in [0.29, 0.717) is 6.54 Å². The van der Waals surface area contributed by atoms with Crippen molar-refractivity contribution in [2.45, 2.75) is 107 Å². The predicted octanol–water partition coefficient (Wildman–Crippen LogP) is 6.10. The van der Waals surface area contributed by atoms with E-state index in [1.54, 1.807) is 0 Å². The first-order valence-corrected chi connectivity index (χ1v) is 14.2. The smallest absolute Gasteiger partial charge is 0.211 e. The highest BCUT2D eigenvalue weighted by Crippen LogP contribution is 2.16. The highest BCUT2D eigenvalue weighted by atomic mass is 32.3.